The van der Waals surface area contributed by atoms with Gasteiger partial charge >= 0.3 is 7.68 Å². The van der Waals surface area contributed by atoms with Crippen molar-refractivity contribution in [1.82, 2.24) is 0 Å². The highest BCUT2D eigenvalue weighted by molar-refractivity contribution is 7.54. The number of hydrogen-bond acceptors (Lipinski definition) is 2. The Hall–Kier alpha value is 0.120. The molecule has 0 saturated heterocycles. The second-order valence-electron chi connectivity index (χ2n) is 5.26. The van der Waals surface area contributed by atoms with Crippen molar-refractivity contribution in [2.24, 2.45) is 11.8 Å². The Morgan fingerprint density at radius 1 is 1.20 bits per heavy atom. The highest BCUT2D eigenvalue weighted by Crippen LogP contribution is 2.55. The lowest BCUT2D eigenvalue weighted by molar-refractivity contribution is 0.0943. The zero-order chi connectivity index (χ0) is 11.6. The number of hydrogen-bond donors (Lipinski definition) is 0. The molecule has 15 heavy (non-hydrogen) atoms. The van der Waals surface area contributed by atoms with E-state index in [0.29, 0.717) is 11.8 Å². The molecule has 3 unspecified atom stereocenters. The van der Waals surface area contributed by atoms with E-state index >= 15 is 0 Å². The Morgan fingerprint density at radius 3 is 2.07 bits per heavy atom. The maximum atomic E-state index is 13.6. The van der Waals surface area contributed by atoms with E-state index in [0.717, 1.165) is 19.3 Å². The lowest BCUT2D eigenvalue weighted by atomic mass is 9.82. The van der Waals surface area contributed by atoms with Gasteiger partial charge in [-0.25, -0.2) is 0 Å². The summed E-state index contributed by atoms with van der Waals surface area (Å²) < 4.78 is 30.3. The van der Waals surface area contributed by atoms with Crippen LogP contribution in [0.15, 0.2) is 0 Å². The van der Waals surface area contributed by atoms with E-state index in [1.54, 1.807) is 13.8 Å². The average molecular weight is 236 g/mol. The van der Waals surface area contributed by atoms with Gasteiger partial charge in [-0.05, 0) is 31.1 Å². The first-order chi connectivity index (χ1) is 6.81. The summed E-state index contributed by atoms with van der Waals surface area (Å²) in [4.78, 5) is 0. The van der Waals surface area contributed by atoms with Crippen molar-refractivity contribution >= 4 is 7.68 Å². The summed E-state index contributed by atoms with van der Waals surface area (Å²) >= 11 is 0. The molecule has 0 amide bonds. The van der Waals surface area contributed by atoms with Crippen molar-refractivity contribution in [2.75, 3.05) is 0 Å². The Labute approximate surface area is 92.2 Å². The maximum absolute atomic E-state index is 13.6. The summed E-state index contributed by atoms with van der Waals surface area (Å²) in [5, 5.41) is 0. The van der Waals surface area contributed by atoms with Gasteiger partial charge in [-0.1, -0.05) is 27.7 Å². The van der Waals surface area contributed by atoms with Crippen molar-refractivity contribution in [2.45, 2.75) is 58.7 Å². The van der Waals surface area contributed by atoms with Crippen LogP contribution in [0.4, 0.5) is 4.20 Å². The highest BCUT2D eigenvalue weighted by atomic mass is 31.2. The van der Waals surface area contributed by atoms with Crippen LogP contribution in [0.25, 0.3) is 0 Å². The average Bonchev–Trinajstić information content (AvgIpc) is 1.99. The molecule has 0 radical (unpaired) electrons. The van der Waals surface area contributed by atoms with E-state index in [1.165, 1.54) is 0 Å². The molecule has 4 heteroatoms. The molecule has 90 valence electrons. The van der Waals surface area contributed by atoms with Crippen molar-refractivity contribution < 1.29 is 13.3 Å². The Morgan fingerprint density at radius 2 is 1.67 bits per heavy atom. The second-order valence-corrected chi connectivity index (χ2v) is 7.55. The Balaban J connectivity index is 2.54. The predicted molar refractivity (Wildman–Crippen MR) is 60.9 cm³/mol. The first-order valence-corrected chi connectivity index (χ1v) is 7.37. The van der Waals surface area contributed by atoms with Crippen LogP contribution in [-0.4, -0.2) is 11.8 Å². The number of rotatable bonds is 3. The fraction of sp³-hybridized carbons (Fsp3) is 1.00. The summed E-state index contributed by atoms with van der Waals surface area (Å²) in [7, 11) is -3.89. The van der Waals surface area contributed by atoms with Crippen LogP contribution >= 0.6 is 7.68 Å². The standard InChI is InChI=1S/C11H22FO2P/c1-8(2)15(12,13)14-11-6-9(3)5-10(4)7-11/h8-11H,5-7H2,1-4H3. The first kappa shape index (κ1) is 13.2. The van der Waals surface area contributed by atoms with Crippen LogP contribution in [-0.2, 0) is 9.09 Å². The predicted octanol–water partition coefficient (Wildman–Crippen LogP) is 4.40. The molecule has 0 N–H and O–H groups in total. The van der Waals surface area contributed by atoms with E-state index < -0.39 is 13.3 Å². The van der Waals surface area contributed by atoms with E-state index in [4.69, 9.17) is 4.52 Å². The number of halogens is 1. The van der Waals surface area contributed by atoms with Gasteiger partial charge in [0.15, 0.2) is 0 Å². The van der Waals surface area contributed by atoms with Crippen LogP contribution in [0.5, 0.6) is 0 Å². The molecular weight excluding hydrogens is 214 g/mol. The van der Waals surface area contributed by atoms with E-state index in [9.17, 15) is 8.76 Å². The van der Waals surface area contributed by atoms with Crippen LogP contribution in [0, 0.1) is 11.8 Å². The lowest BCUT2D eigenvalue weighted by Crippen LogP contribution is -2.25. The summed E-state index contributed by atoms with van der Waals surface area (Å²) in [5.74, 6) is 1.09. The monoisotopic (exact) mass is 236 g/mol. The molecule has 0 aliphatic heterocycles. The van der Waals surface area contributed by atoms with Gasteiger partial charge in [0.2, 0.25) is 0 Å². The summed E-state index contributed by atoms with van der Waals surface area (Å²) in [6.07, 6.45) is 2.69. The zero-order valence-electron chi connectivity index (χ0n) is 10.1. The van der Waals surface area contributed by atoms with E-state index in [1.807, 2.05) is 0 Å². The maximum Gasteiger partial charge on any atom is 0.370 e. The van der Waals surface area contributed by atoms with Crippen molar-refractivity contribution in [3.8, 4) is 0 Å². The molecule has 0 aromatic heterocycles. The molecule has 1 rings (SSSR count). The fourth-order valence-electron chi connectivity index (χ4n) is 2.28. The molecule has 2 nitrogen and oxygen atoms in total. The Kier molecular flexibility index (Phi) is 4.37. The van der Waals surface area contributed by atoms with Crippen LogP contribution in [0.2, 0.25) is 0 Å². The first-order valence-electron chi connectivity index (χ1n) is 5.79. The van der Waals surface area contributed by atoms with Gasteiger partial charge in [-0.3, -0.25) is 4.57 Å². The van der Waals surface area contributed by atoms with Gasteiger partial charge in [0.05, 0.1) is 11.8 Å². The summed E-state index contributed by atoms with van der Waals surface area (Å²) in [6, 6.07) is 0. The normalized spacial score (nSPS) is 36.5. The molecule has 0 bridgehead atoms. The minimum atomic E-state index is -3.89. The molecule has 0 aromatic carbocycles. The van der Waals surface area contributed by atoms with Gasteiger partial charge in [0, 0.05) is 0 Å². The third kappa shape index (κ3) is 3.88. The van der Waals surface area contributed by atoms with Gasteiger partial charge in [0.1, 0.15) is 0 Å². The molecule has 0 heterocycles. The van der Waals surface area contributed by atoms with E-state index in [-0.39, 0.29) is 6.10 Å². The SMILES string of the molecule is CC1CC(C)CC(OP(=O)(F)C(C)C)C1. The quantitative estimate of drug-likeness (QED) is 0.679. The fourth-order valence-corrected chi connectivity index (χ4v) is 3.11. The van der Waals surface area contributed by atoms with Gasteiger partial charge in [0.25, 0.3) is 0 Å². The zero-order valence-corrected chi connectivity index (χ0v) is 11.0. The van der Waals surface area contributed by atoms with Crippen molar-refractivity contribution in [3.63, 3.8) is 0 Å². The van der Waals surface area contributed by atoms with Crippen LogP contribution in [0.1, 0.15) is 47.0 Å². The second kappa shape index (κ2) is 4.97. The minimum absolute atomic E-state index is 0.151. The van der Waals surface area contributed by atoms with E-state index in [2.05, 4.69) is 13.8 Å². The Bertz CT molecular complexity index is 245. The molecule has 1 saturated carbocycles. The summed E-state index contributed by atoms with van der Waals surface area (Å²) in [5.41, 5.74) is -0.523. The third-order valence-electron chi connectivity index (χ3n) is 3.04. The van der Waals surface area contributed by atoms with Crippen LogP contribution in [0.3, 0.4) is 0 Å². The largest absolute Gasteiger partial charge is 0.370 e. The van der Waals surface area contributed by atoms with Crippen molar-refractivity contribution in [3.05, 3.63) is 0 Å². The summed E-state index contributed by atoms with van der Waals surface area (Å²) in [6.45, 7) is 7.50. The van der Waals surface area contributed by atoms with Gasteiger partial charge < -0.3 is 4.52 Å². The lowest BCUT2D eigenvalue weighted by Gasteiger charge is -2.32. The molecule has 0 spiro atoms. The topological polar surface area (TPSA) is 26.3 Å². The van der Waals surface area contributed by atoms with Crippen molar-refractivity contribution in [1.29, 1.82) is 0 Å². The molecular formula is C11H22FO2P. The molecule has 0 aromatic rings. The van der Waals surface area contributed by atoms with Crippen LogP contribution < -0.4 is 0 Å². The molecule has 3 atom stereocenters. The molecule has 1 aliphatic rings. The minimum Gasteiger partial charge on any atom is -0.302 e. The van der Waals surface area contributed by atoms with Gasteiger partial charge in [-0.15, -0.1) is 0 Å². The van der Waals surface area contributed by atoms with Gasteiger partial charge in [-0.2, -0.15) is 4.20 Å². The third-order valence-corrected chi connectivity index (χ3v) is 4.86. The molecule has 1 fully saturated rings. The smallest absolute Gasteiger partial charge is 0.302 e. The molecule has 1 aliphatic carbocycles. The highest BCUT2D eigenvalue weighted by Gasteiger charge is 2.34.